The van der Waals surface area contributed by atoms with Crippen LogP contribution in [-0.2, 0) is 9.59 Å². The Labute approximate surface area is 246 Å². The van der Waals surface area contributed by atoms with Gasteiger partial charge in [0.25, 0.3) is 0 Å². The summed E-state index contributed by atoms with van der Waals surface area (Å²) < 4.78 is 22.0. The van der Waals surface area contributed by atoms with Crippen LogP contribution >= 0.6 is 11.3 Å². The molecule has 1 N–H and O–H groups in total. The second kappa shape index (κ2) is 12.3. The van der Waals surface area contributed by atoms with E-state index in [2.05, 4.69) is 36.2 Å². The highest BCUT2D eigenvalue weighted by molar-refractivity contribution is 7.22. The number of carbonyl (C=O) groups is 2. The van der Waals surface area contributed by atoms with Gasteiger partial charge in [0.15, 0.2) is 5.82 Å². The summed E-state index contributed by atoms with van der Waals surface area (Å²) >= 11 is 1.24. The van der Waals surface area contributed by atoms with Crippen molar-refractivity contribution in [2.24, 2.45) is 0 Å². The summed E-state index contributed by atoms with van der Waals surface area (Å²) in [4.78, 5) is 40.0. The first kappa shape index (κ1) is 29.2. The number of hydrogen-bond donors (Lipinski definition) is 1. The van der Waals surface area contributed by atoms with E-state index in [-0.39, 0.29) is 47.1 Å². The Morgan fingerprint density at radius 2 is 2.10 bits per heavy atom. The Bertz CT molecular complexity index is 1600. The molecule has 218 valence electrons. The van der Waals surface area contributed by atoms with Gasteiger partial charge in [-0.25, -0.2) is 9.18 Å². The van der Waals surface area contributed by atoms with E-state index >= 15 is 4.39 Å². The summed E-state index contributed by atoms with van der Waals surface area (Å²) in [5.41, 5.74) is 0.597. The quantitative estimate of drug-likeness (QED) is 0.366. The van der Waals surface area contributed by atoms with Crippen molar-refractivity contribution in [3.8, 4) is 22.5 Å². The van der Waals surface area contributed by atoms with Gasteiger partial charge in [0, 0.05) is 36.1 Å². The number of carboxylic acids is 1. The number of carbonyl (C=O) groups excluding carboxylic acids is 1. The fraction of sp³-hybridized carbons (Fsp3) is 0.367. The van der Waals surface area contributed by atoms with Gasteiger partial charge in [-0.2, -0.15) is 15.2 Å². The predicted molar refractivity (Wildman–Crippen MR) is 159 cm³/mol. The van der Waals surface area contributed by atoms with E-state index < -0.39 is 11.8 Å². The van der Waals surface area contributed by atoms with E-state index in [9.17, 15) is 20.0 Å². The number of nitriles is 1. The molecule has 1 unspecified atom stereocenters. The second-order valence-electron chi connectivity index (χ2n) is 10.4. The number of fused-ring (bicyclic) bond motifs is 1. The number of rotatable bonds is 9. The van der Waals surface area contributed by atoms with Crippen LogP contribution in [0.1, 0.15) is 24.8 Å². The van der Waals surface area contributed by atoms with Crippen molar-refractivity contribution in [2.75, 3.05) is 44.7 Å². The number of aliphatic carboxylic acids is 1. The third kappa shape index (κ3) is 5.70. The summed E-state index contributed by atoms with van der Waals surface area (Å²) in [5.74, 6) is -1.51. The molecule has 1 amide bonds. The third-order valence-corrected chi connectivity index (χ3v) is 8.96. The van der Waals surface area contributed by atoms with Gasteiger partial charge in [-0.15, -0.1) is 11.3 Å². The van der Waals surface area contributed by atoms with E-state index in [0.717, 1.165) is 19.4 Å². The fourth-order valence-corrected chi connectivity index (χ4v) is 6.71. The Balaban J connectivity index is 1.59. The van der Waals surface area contributed by atoms with Crippen LogP contribution in [0, 0.1) is 17.1 Å². The lowest BCUT2D eigenvalue weighted by Gasteiger charge is -2.40. The first-order valence-corrected chi connectivity index (χ1v) is 14.4. The minimum atomic E-state index is -1.24. The van der Waals surface area contributed by atoms with E-state index in [4.69, 9.17) is 9.72 Å². The largest absolute Gasteiger partial charge is 0.478 e. The smallest absolute Gasteiger partial charge is 0.335 e. The van der Waals surface area contributed by atoms with Gasteiger partial charge in [0.05, 0.1) is 34.3 Å². The van der Waals surface area contributed by atoms with Crippen LogP contribution in [0.3, 0.4) is 0 Å². The fourth-order valence-electron chi connectivity index (χ4n) is 5.53. The van der Waals surface area contributed by atoms with Gasteiger partial charge < -0.3 is 24.5 Å². The van der Waals surface area contributed by atoms with Crippen LogP contribution in [0.25, 0.3) is 26.2 Å². The summed E-state index contributed by atoms with van der Waals surface area (Å²) in [7, 11) is 2.05. The molecule has 0 radical (unpaired) electrons. The summed E-state index contributed by atoms with van der Waals surface area (Å²) in [5, 5.41) is 19.0. The molecule has 2 atom stereocenters. The van der Waals surface area contributed by atoms with E-state index in [1.165, 1.54) is 35.6 Å². The van der Waals surface area contributed by atoms with E-state index in [1.54, 1.807) is 11.0 Å². The molecule has 0 bridgehead atoms. The minimum Gasteiger partial charge on any atom is -0.478 e. The first-order valence-electron chi connectivity index (χ1n) is 13.6. The zero-order valence-electron chi connectivity index (χ0n) is 23.3. The number of benzene rings is 1. The lowest BCUT2D eigenvalue weighted by Crippen LogP contribution is -2.55. The van der Waals surface area contributed by atoms with Crippen molar-refractivity contribution in [1.82, 2.24) is 19.8 Å². The SMILES string of the molecule is C=CC(=O)N1CCN(c2nc(OC[C@@H]3CCCN3C)nc3cc(-c4c(F)cccc4C(=C)C(=O)O)sc23)CC1CC#N. The number of ether oxygens (including phenoxy) is 1. The van der Waals surface area contributed by atoms with E-state index in [0.29, 0.717) is 47.2 Å². The maximum atomic E-state index is 15.3. The normalized spacial score (nSPS) is 19.1. The zero-order chi connectivity index (χ0) is 30.0. The molecule has 2 aliphatic heterocycles. The van der Waals surface area contributed by atoms with Gasteiger partial charge in [-0.1, -0.05) is 25.3 Å². The maximum absolute atomic E-state index is 15.3. The number of nitrogens with zero attached hydrogens (tertiary/aromatic N) is 6. The van der Waals surface area contributed by atoms with Crippen LogP contribution < -0.4 is 9.64 Å². The molecule has 0 spiro atoms. The molecule has 10 nitrogen and oxygen atoms in total. The lowest BCUT2D eigenvalue weighted by molar-refractivity contribution is -0.130. The number of carboxylic acid groups (broad SMARTS) is 1. The highest BCUT2D eigenvalue weighted by atomic mass is 32.1. The number of likely N-dealkylation sites (N-methyl/N-ethyl adjacent to an activating group) is 1. The molecule has 5 rings (SSSR count). The van der Waals surface area contributed by atoms with Gasteiger partial charge >= 0.3 is 12.0 Å². The molecule has 12 heteroatoms. The van der Waals surface area contributed by atoms with Crippen LogP contribution in [0.15, 0.2) is 43.5 Å². The lowest BCUT2D eigenvalue weighted by atomic mass is 9.99. The van der Waals surface area contributed by atoms with Crippen LogP contribution in [0.2, 0.25) is 0 Å². The molecule has 4 heterocycles. The first-order chi connectivity index (χ1) is 20.2. The molecular formula is C30H31FN6O4S. The average Bonchev–Trinajstić information content (AvgIpc) is 3.60. The third-order valence-electron chi connectivity index (χ3n) is 7.82. The van der Waals surface area contributed by atoms with Crippen molar-refractivity contribution in [1.29, 1.82) is 5.26 Å². The number of likely N-dealkylation sites (tertiary alicyclic amines) is 1. The molecule has 0 aliphatic carbocycles. The Hall–Kier alpha value is -4.34. The Morgan fingerprint density at radius 1 is 1.29 bits per heavy atom. The zero-order valence-corrected chi connectivity index (χ0v) is 24.1. The molecule has 1 aromatic carbocycles. The molecule has 2 aliphatic rings. The highest BCUT2D eigenvalue weighted by Gasteiger charge is 2.32. The van der Waals surface area contributed by atoms with Crippen LogP contribution in [0.5, 0.6) is 6.01 Å². The molecule has 2 aromatic heterocycles. The van der Waals surface area contributed by atoms with Crippen molar-refractivity contribution in [3.63, 3.8) is 0 Å². The Kier molecular flexibility index (Phi) is 8.51. The highest BCUT2D eigenvalue weighted by Crippen LogP contribution is 2.42. The summed E-state index contributed by atoms with van der Waals surface area (Å²) in [6.45, 7) is 9.78. The maximum Gasteiger partial charge on any atom is 0.335 e. The minimum absolute atomic E-state index is 0.123. The number of halogens is 1. The second-order valence-corrected chi connectivity index (χ2v) is 11.4. The topological polar surface area (TPSA) is 123 Å². The van der Waals surface area contributed by atoms with Gasteiger partial charge in [-0.05, 0) is 50.2 Å². The average molecular weight is 591 g/mol. The van der Waals surface area contributed by atoms with Crippen LogP contribution in [-0.4, -0.2) is 88.7 Å². The van der Waals surface area contributed by atoms with Gasteiger partial charge in [-0.3, -0.25) is 4.79 Å². The number of piperazine rings is 1. The number of anilines is 1. The molecule has 2 fully saturated rings. The standard InChI is InChI=1S/C30H31FN6O4S/c1-4-25(38)37-14-13-36(16-19(37)10-11-32)28-27-23(33-30(34-28)41-17-20-7-6-12-35(20)3)15-24(42-27)26-21(18(2)29(39)40)8-5-9-22(26)31/h4-5,8-9,15,19-20H,1-2,6-7,10,12-14,16-17H2,3H3,(H,39,40)/t19?,20-/m0/s1. The van der Waals surface area contributed by atoms with E-state index in [1.807, 2.05) is 4.90 Å². The van der Waals surface area contributed by atoms with Crippen molar-refractivity contribution in [3.05, 3.63) is 54.9 Å². The van der Waals surface area contributed by atoms with Gasteiger partial charge in [0.2, 0.25) is 5.91 Å². The Morgan fingerprint density at radius 3 is 2.79 bits per heavy atom. The number of amides is 1. The monoisotopic (exact) mass is 590 g/mol. The molecule has 2 saturated heterocycles. The number of aromatic nitrogens is 2. The van der Waals surface area contributed by atoms with Crippen LogP contribution in [0.4, 0.5) is 10.2 Å². The molecule has 42 heavy (non-hydrogen) atoms. The molecule has 3 aromatic rings. The molecular weight excluding hydrogens is 559 g/mol. The molecule has 0 saturated carbocycles. The van der Waals surface area contributed by atoms with Gasteiger partial charge in [0.1, 0.15) is 12.4 Å². The van der Waals surface area contributed by atoms with Crippen molar-refractivity contribution in [2.45, 2.75) is 31.3 Å². The number of hydrogen-bond acceptors (Lipinski definition) is 9. The van der Waals surface area contributed by atoms with Crippen molar-refractivity contribution >= 4 is 44.8 Å². The summed E-state index contributed by atoms with van der Waals surface area (Å²) in [6.07, 6.45) is 3.47. The summed E-state index contributed by atoms with van der Waals surface area (Å²) in [6, 6.07) is 8.16. The van der Waals surface area contributed by atoms with Crippen molar-refractivity contribution < 1.29 is 23.8 Å². The predicted octanol–water partition coefficient (Wildman–Crippen LogP) is 4.19. The number of thiophene rings is 1.